The summed E-state index contributed by atoms with van der Waals surface area (Å²) in [5, 5.41) is 11.0. The number of alkyl halides is 3. The van der Waals surface area contributed by atoms with Crippen molar-refractivity contribution in [1.82, 2.24) is 30.2 Å². The smallest absolute Gasteiger partial charge is 0.417 e. The van der Waals surface area contributed by atoms with Crippen molar-refractivity contribution in [1.29, 1.82) is 0 Å². The number of rotatable bonds is 8. The van der Waals surface area contributed by atoms with Gasteiger partial charge in [0, 0.05) is 30.4 Å². The normalized spacial score (nSPS) is 14.4. The summed E-state index contributed by atoms with van der Waals surface area (Å²) in [7, 11) is 1.67. The van der Waals surface area contributed by atoms with E-state index in [-0.39, 0.29) is 36.7 Å². The molecule has 4 aromatic rings. The van der Waals surface area contributed by atoms with Gasteiger partial charge in [0.2, 0.25) is 11.7 Å². The number of ether oxygens (including phenoxy) is 3. The number of pyridine rings is 1. The summed E-state index contributed by atoms with van der Waals surface area (Å²) in [5.74, 6) is 0.109. The number of hydrogen-bond donors (Lipinski definition) is 1. The molecule has 4 heterocycles. The third-order valence-electron chi connectivity index (χ3n) is 5.85. The Bertz CT molecular complexity index is 1430. The lowest BCUT2D eigenvalue weighted by Crippen LogP contribution is -2.37. The van der Waals surface area contributed by atoms with Gasteiger partial charge in [-0.15, -0.1) is 0 Å². The maximum absolute atomic E-state index is 12.8. The van der Waals surface area contributed by atoms with Crippen LogP contribution >= 0.6 is 0 Å². The second-order valence-corrected chi connectivity index (χ2v) is 8.54. The number of nitrogens with one attached hydrogen (secondary N) is 1. The van der Waals surface area contributed by atoms with Crippen LogP contribution in [0.4, 0.5) is 13.2 Å². The van der Waals surface area contributed by atoms with Gasteiger partial charge in [0.1, 0.15) is 6.61 Å². The summed E-state index contributed by atoms with van der Waals surface area (Å²) in [6.45, 7) is 1.34. The molecule has 1 fully saturated rings. The quantitative estimate of drug-likeness (QED) is 0.354. The van der Waals surface area contributed by atoms with Gasteiger partial charge in [0.05, 0.1) is 42.8 Å². The number of benzene rings is 1. The van der Waals surface area contributed by atoms with Gasteiger partial charge >= 0.3 is 6.18 Å². The van der Waals surface area contributed by atoms with Crippen molar-refractivity contribution in [2.45, 2.75) is 25.5 Å². The third-order valence-corrected chi connectivity index (χ3v) is 5.85. The predicted octanol–water partition coefficient (Wildman–Crippen LogP) is 3.62. The summed E-state index contributed by atoms with van der Waals surface area (Å²) >= 11 is 0. The Balaban J connectivity index is 1.27. The summed E-state index contributed by atoms with van der Waals surface area (Å²) in [5.41, 5.74) is 1.09. The monoisotopic (exact) mass is 544 g/mol. The second kappa shape index (κ2) is 11.2. The number of halogens is 3. The average Bonchev–Trinajstić information content (AvgIpc) is 3.58. The van der Waals surface area contributed by atoms with Crippen molar-refractivity contribution in [2.75, 3.05) is 19.8 Å². The molecule has 0 aliphatic carbocycles. The van der Waals surface area contributed by atoms with Crippen molar-refractivity contribution in [2.24, 2.45) is 7.05 Å². The number of nitrogens with zero attached hydrogens (tertiary/aromatic N) is 5. The van der Waals surface area contributed by atoms with Crippen LogP contribution in [0, 0.1) is 0 Å². The Morgan fingerprint density at radius 3 is 2.74 bits per heavy atom. The van der Waals surface area contributed by atoms with E-state index in [0.717, 1.165) is 18.6 Å². The predicted molar refractivity (Wildman–Crippen MR) is 128 cm³/mol. The largest absolute Gasteiger partial charge is 0.471 e. The van der Waals surface area contributed by atoms with Crippen LogP contribution in [0.2, 0.25) is 0 Å². The van der Waals surface area contributed by atoms with Crippen LogP contribution in [0.3, 0.4) is 0 Å². The molecule has 14 heteroatoms. The van der Waals surface area contributed by atoms with E-state index in [1.54, 1.807) is 31.3 Å². The molecule has 5 rings (SSSR count). The zero-order valence-electron chi connectivity index (χ0n) is 20.6. The maximum Gasteiger partial charge on any atom is 0.417 e. The molecular formula is C25H23F3N6O5. The molecule has 0 spiro atoms. The van der Waals surface area contributed by atoms with Gasteiger partial charge in [-0.1, -0.05) is 17.3 Å². The van der Waals surface area contributed by atoms with Crippen molar-refractivity contribution in [3.63, 3.8) is 0 Å². The lowest BCUT2D eigenvalue weighted by atomic mass is 10.1. The minimum atomic E-state index is -4.49. The van der Waals surface area contributed by atoms with E-state index in [9.17, 15) is 18.0 Å². The summed E-state index contributed by atoms with van der Waals surface area (Å²) in [6.07, 6.45) is -1.93. The molecule has 204 valence electrons. The molecule has 1 aliphatic heterocycles. The standard InChI is InChI=1S/C25H23F3N6O5/c1-34-19(14-38-20-7-6-17(11-29-20)25(26,27)28)18(12-31-34)24-32-22(33-39-24)15-4-2-5-16(10-15)23(35)30-13-21-36-8-3-9-37-21/h2,4-7,10-12,21H,3,8-9,13-14H2,1H3,(H,30,35). The van der Waals surface area contributed by atoms with E-state index in [1.807, 2.05) is 0 Å². The van der Waals surface area contributed by atoms with Crippen molar-refractivity contribution < 1.29 is 36.7 Å². The van der Waals surface area contributed by atoms with Crippen LogP contribution in [-0.2, 0) is 29.3 Å². The number of amides is 1. The highest BCUT2D eigenvalue weighted by molar-refractivity contribution is 5.95. The van der Waals surface area contributed by atoms with Crippen molar-refractivity contribution in [3.8, 4) is 28.7 Å². The Labute approximate surface area is 219 Å². The molecule has 11 nitrogen and oxygen atoms in total. The number of hydrogen-bond acceptors (Lipinski definition) is 9. The van der Waals surface area contributed by atoms with E-state index in [2.05, 4.69) is 25.5 Å². The lowest BCUT2D eigenvalue weighted by Gasteiger charge is -2.23. The molecule has 3 aromatic heterocycles. The minimum absolute atomic E-state index is 0.0121. The van der Waals surface area contributed by atoms with Gasteiger partial charge in [0.25, 0.3) is 11.8 Å². The Hall–Kier alpha value is -4.30. The molecule has 0 atom stereocenters. The molecule has 1 amide bonds. The van der Waals surface area contributed by atoms with E-state index in [4.69, 9.17) is 18.7 Å². The lowest BCUT2D eigenvalue weighted by molar-refractivity contribution is -0.174. The molecule has 0 bridgehead atoms. The topological polar surface area (TPSA) is 126 Å². The number of aryl methyl sites for hydroxylation is 1. The SMILES string of the molecule is Cn1ncc(-c2nc(-c3cccc(C(=O)NCC4OCCCO4)c3)no2)c1COc1ccc(C(F)(F)F)cn1. The highest BCUT2D eigenvalue weighted by Crippen LogP contribution is 2.30. The van der Waals surface area contributed by atoms with Crippen LogP contribution in [0.1, 0.15) is 28.0 Å². The van der Waals surface area contributed by atoms with E-state index in [0.29, 0.717) is 41.8 Å². The third kappa shape index (κ3) is 6.23. The fourth-order valence-electron chi connectivity index (χ4n) is 3.77. The molecule has 39 heavy (non-hydrogen) atoms. The van der Waals surface area contributed by atoms with E-state index < -0.39 is 18.0 Å². The van der Waals surface area contributed by atoms with Crippen LogP contribution in [0.25, 0.3) is 22.8 Å². The molecular weight excluding hydrogens is 521 g/mol. The second-order valence-electron chi connectivity index (χ2n) is 8.54. The molecule has 0 saturated carbocycles. The first-order valence-electron chi connectivity index (χ1n) is 11.9. The molecule has 0 radical (unpaired) electrons. The van der Waals surface area contributed by atoms with Gasteiger partial charge in [-0.05, 0) is 24.6 Å². The van der Waals surface area contributed by atoms with E-state index >= 15 is 0 Å². The summed E-state index contributed by atoms with van der Waals surface area (Å²) < 4.78 is 61.7. The average molecular weight is 544 g/mol. The Kier molecular flexibility index (Phi) is 7.56. The highest BCUT2D eigenvalue weighted by Gasteiger charge is 2.30. The zero-order chi connectivity index (χ0) is 27.4. The molecule has 1 N–H and O–H groups in total. The number of carbonyl (C=O) groups is 1. The fourth-order valence-corrected chi connectivity index (χ4v) is 3.77. The summed E-state index contributed by atoms with van der Waals surface area (Å²) in [4.78, 5) is 20.8. The molecule has 1 aliphatic rings. The number of carbonyl (C=O) groups excluding carboxylic acids is 1. The van der Waals surface area contributed by atoms with Crippen molar-refractivity contribution >= 4 is 5.91 Å². The van der Waals surface area contributed by atoms with Crippen LogP contribution < -0.4 is 10.1 Å². The first-order valence-corrected chi connectivity index (χ1v) is 11.9. The highest BCUT2D eigenvalue weighted by atomic mass is 19.4. The Morgan fingerprint density at radius 1 is 1.18 bits per heavy atom. The Morgan fingerprint density at radius 2 is 2.00 bits per heavy atom. The molecule has 0 unspecified atom stereocenters. The van der Waals surface area contributed by atoms with Gasteiger partial charge in [0.15, 0.2) is 6.29 Å². The van der Waals surface area contributed by atoms with Crippen LogP contribution in [0.5, 0.6) is 5.88 Å². The van der Waals surface area contributed by atoms with Gasteiger partial charge < -0.3 is 24.1 Å². The first kappa shape index (κ1) is 26.3. The maximum atomic E-state index is 12.8. The van der Waals surface area contributed by atoms with Gasteiger partial charge in [-0.2, -0.15) is 23.3 Å². The van der Waals surface area contributed by atoms with Crippen molar-refractivity contribution in [3.05, 3.63) is 65.6 Å². The van der Waals surface area contributed by atoms with Crippen LogP contribution in [-0.4, -0.2) is 56.9 Å². The molecule has 1 saturated heterocycles. The van der Waals surface area contributed by atoms with Gasteiger partial charge in [-0.25, -0.2) is 4.98 Å². The molecule has 1 aromatic carbocycles. The van der Waals surface area contributed by atoms with Crippen LogP contribution in [0.15, 0.2) is 53.3 Å². The minimum Gasteiger partial charge on any atom is -0.471 e. The van der Waals surface area contributed by atoms with E-state index in [1.165, 1.54) is 10.9 Å². The number of aromatic nitrogens is 5. The summed E-state index contributed by atoms with van der Waals surface area (Å²) in [6, 6.07) is 8.77. The zero-order valence-corrected chi connectivity index (χ0v) is 20.6. The first-order chi connectivity index (χ1) is 18.8. The fraction of sp³-hybridized carbons (Fsp3) is 0.320. The van der Waals surface area contributed by atoms with Gasteiger partial charge in [-0.3, -0.25) is 9.48 Å².